The zero-order chi connectivity index (χ0) is 12.5. The Morgan fingerprint density at radius 1 is 1.18 bits per heavy atom. The molecule has 5 heteroatoms. The van der Waals surface area contributed by atoms with Crippen LogP contribution in [0.1, 0.15) is 44.9 Å². The van der Waals surface area contributed by atoms with Gasteiger partial charge in [-0.25, -0.2) is 0 Å². The van der Waals surface area contributed by atoms with E-state index in [0.29, 0.717) is 19.3 Å². The second-order valence-electron chi connectivity index (χ2n) is 5.32. The van der Waals surface area contributed by atoms with Crippen LogP contribution in [0.2, 0.25) is 0 Å². The average molecular weight is 240 g/mol. The van der Waals surface area contributed by atoms with E-state index < -0.39 is 17.4 Å². The van der Waals surface area contributed by atoms with Crippen molar-refractivity contribution in [1.82, 2.24) is 5.32 Å². The standard InChI is InChI=1S/C12H20N2O3/c13-12(6-1-2-7-12)11(17)14-9-5-3-4-8(9)10(15)16/h8-9H,1-7,13H2,(H,14,17)(H,15,16). The Balaban J connectivity index is 1.96. The minimum absolute atomic E-state index is 0.159. The normalized spacial score (nSPS) is 31.4. The molecule has 0 spiro atoms. The molecule has 0 aromatic heterocycles. The number of amides is 1. The first-order valence-electron chi connectivity index (χ1n) is 6.35. The maximum absolute atomic E-state index is 12.1. The lowest BCUT2D eigenvalue weighted by Gasteiger charge is -2.26. The van der Waals surface area contributed by atoms with Crippen LogP contribution in [0.4, 0.5) is 0 Å². The molecule has 2 atom stereocenters. The summed E-state index contributed by atoms with van der Waals surface area (Å²) in [6, 6.07) is -0.235. The Hall–Kier alpha value is -1.10. The van der Waals surface area contributed by atoms with E-state index in [1.807, 2.05) is 0 Å². The molecule has 17 heavy (non-hydrogen) atoms. The van der Waals surface area contributed by atoms with E-state index >= 15 is 0 Å². The Morgan fingerprint density at radius 2 is 1.82 bits per heavy atom. The molecule has 0 radical (unpaired) electrons. The Morgan fingerprint density at radius 3 is 2.41 bits per heavy atom. The van der Waals surface area contributed by atoms with Crippen molar-refractivity contribution >= 4 is 11.9 Å². The number of carbonyl (C=O) groups is 2. The van der Waals surface area contributed by atoms with Crippen LogP contribution in [-0.4, -0.2) is 28.6 Å². The van der Waals surface area contributed by atoms with Crippen molar-refractivity contribution in [2.45, 2.75) is 56.5 Å². The summed E-state index contributed by atoms with van der Waals surface area (Å²) in [4.78, 5) is 23.1. The maximum atomic E-state index is 12.1. The molecular formula is C12H20N2O3. The van der Waals surface area contributed by atoms with Crippen molar-refractivity contribution < 1.29 is 14.7 Å². The third-order valence-electron chi connectivity index (χ3n) is 4.10. The fraction of sp³-hybridized carbons (Fsp3) is 0.833. The monoisotopic (exact) mass is 240 g/mol. The largest absolute Gasteiger partial charge is 0.481 e. The summed E-state index contributed by atoms with van der Waals surface area (Å²) in [7, 11) is 0. The molecule has 0 aromatic rings. The molecule has 2 unspecified atom stereocenters. The van der Waals surface area contributed by atoms with Gasteiger partial charge < -0.3 is 16.2 Å². The van der Waals surface area contributed by atoms with E-state index in [2.05, 4.69) is 5.32 Å². The summed E-state index contributed by atoms with van der Waals surface area (Å²) < 4.78 is 0. The van der Waals surface area contributed by atoms with E-state index in [0.717, 1.165) is 25.7 Å². The highest BCUT2D eigenvalue weighted by Crippen LogP contribution is 2.30. The number of carboxylic acid groups (broad SMARTS) is 1. The molecule has 2 aliphatic rings. The fourth-order valence-electron chi connectivity index (χ4n) is 2.97. The number of hydrogen-bond donors (Lipinski definition) is 3. The Bertz CT molecular complexity index is 324. The molecule has 4 N–H and O–H groups in total. The lowest BCUT2D eigenvalue weighted by molar-refractivity contribution is -0.142. The minimum atomic E-state index is -0.815. The molecule has 0 aromatic carbocycles. The first-order chi connectivity index (χ1) is 8.03. The van der Waals surface area contributed by atoms with Crippen LogP contribution < -0.4 is 11.1 Å². The lowest BCUT2D eigenvalue weighted by Crippen LogP contribution is -2.55. The van der Waals surface area contributed by atoms with Crippen molar-refractivity contribution in [3.63, 3.8) is 0 Å². The van der Waals surface area contributed by atoms with Crippen LogP contribution >= 0.6 is 0 Å². The Kier molecular flexibility index (Phi) is 3.38. The van der Waals surface area contributed by atoms with Gasteiger partial charge in [-0.05, 0) is 25.7 Å². The van der Waals surface area contributed by atoms with Crippen molar-refractivity contribution in [3.05, 3.63) is 0 Å². The van der Waals surface area contributed by atoms with E-state index in [4.69, 9.17) is 10.8 Å². The fourth-order valence-corrected chi connectivity index (χ4v) is 2.97. The van der Waals surface area contributed by atoms with Gasteiger partial charge in [0, 0.05) is 6.04 Å². The van der Waals surface area contributed by atoms with E-state index in [-0.39, 0.29) is 11.9 Å². The highest BCUT2D eigenvalue weighted by molar-refractivity contribution is 5.87. The molecule has 2 aliphatic carbocycles. The number of nitrogens with one attached hydrogen (secondary N) is 1. The van der Waals surface area contributed by atoms with Gasteiger partial charge in [-0.1, -0.05) is 19.3 Å². The van der Waals surface area contributed by atoms with Crippen molar-refractivity contribution in [2.75, 3.05) is 0 Å². The zero-order valence-electron chi connectivity index (χ0n) is 9.95. The lowest BCUT2D eigenvalue weighted by atomic mass is 9.96. The SMILES string of the molecule is NC1(C(=O)NC2CCCC2C(=O)O)CCCC1. The van der Waals surface area contributed by atoms with Crippen LogP contribution in [0.3, 0.4) is 0 Å². The van der Waals surface area contributed by atoms with Gasteiger partial charge in [-0.2, -0.15) is 0 Å². The van der Waals surface area contributed by atoms with Gasteiger partial charge in [0.05, 0.1) is 11.5 Å². The number of carboxylic acids is 1. The summed E-state index contributed by atoms with van der Waals surface area (Å²) in [6.45, 7) is 0. The number of hydrogen-bond acceptors (Lipinski definition) is 3. The number of carbonyl (C=O) groups excluding carboxylic acids is 1. The predicted octanol–water partition coefficient (Wildman–Crippen LogP) is 0.627. The molecule has 0 aliphatic heterocycles. The third-order valence-corrected chi connectivity index (χ3v) is 4.10. The number of aliphatic carboxylic acids is 1. The smallest absolute Gasteiger partial charge is 0.308 e. The van der Waals surface area contributed by atoms with E-state index in [1.165, 1.54) is 0 Å². The van der Waals surface area contributed by atoms with Gasteiger partial charge in [0.25, 0.3) is 0 Å². The highest BCUT2D eigenvalue weighted by atomic mass is 16.4. The Labute approximate surface area is 101 Å². The van der Waals surface area contributed by atoms with E-state index in [1.54, 1.807) is 0 Å². The summed E-state index contributed by atoms with van der Waals surface area (Å²) in [5.41, 5.74) is 5.28. The summed E-state index contributed by atoms with van der Waals surface area (Å²) >= 11 is 0. The summed E-state index contributed by atoms with van der Waals surface area (Å²) in [6.07, 6.45) is 5.65. The van der Waals surface area contributed by atoms with Crippen molar-refractivity contribution in [1.29, 1.82) is 0 Å². The molecule has 2 rings (SSSR count). The first-order valence-corrected chi connectivity index (χ1v) is 6.35. The van der Waals surface area contributed by atoms with Crippen molar-refractivity contribution in [2.24, 2.45) is 11.7 Å². The molecule has 96 valence electrons. The van der Waals surface area contributed by atoms with Crippen LogP contribution in [0.15, 0.2) is 0 Å². The van der Waals surface area contributed by atoms with Gasteiger partial charge in [0.1, 0.15) is 0 Å². The predicted molar refractivity (Wildman–Crippen MR) is 62.3 cm³/mol. The molecule has 2 fully saturated rings. The molecule has 0 saturated heterocycles. The molecule has 2 saturated carbocycles. The molecule has 0 heterocycles. The van der Waals surface area contributed by atoms with Gasteiger partial charge in [-0.15, -0.1) is 0 Å². The topological polar surface area (TPSA) is 92.4 Å². The average Bonchev–Trinajstić information content (AvgIpc) is 2.87. The molecule has 1 amide bonds. The molecule has 0 bridgehead atoms. The van der Waals surface area contributed by atoms with Gasteiger partial charge in [-0.3, -0.25) is 9.59 Å². The summed E-state index contributed by atoms with van der Waals surface area (Å²) in [5, 5.41) is 11.9. The van der Waals surface area contributed by atoms with Crippen molar-refractivity contribution in [3.8, 4) is 0 Å². The van der Waals surface area contributed by atoms with Gasteiger partial charge >= 0.3 is 5.97 Å². The van der Waals surface area contributed by atoms with Gasteiger partial charge in [0.15, 0.2) is 0 Å². The second-order valence-corrected chi connectivity index (χ2v) is 5.32. The quantitative estimate of drug-likeness (QED) is 0.674. The minimum Gasteiger partial charge on any atom is -0.481 e. The highest BCUT2D eigenvalue weighted by Gasteiger charge is 2.41. The van der Waals surface area contributed by atoms with E-state index in [9.17, 15) is 9.59 Å². The van der Waals surface area contributed by atoms with Gasteiger partial charge in [0.2, 0.25) is 5.91 Å². The number of nitrogens with two attached hydrogens (primary N) is 1. The van der Waals surface area contributed by atoms with Crippen LogP contribution in [-0.2, 0) is 9.59 Å². The summed E-state index contributed by atoms with van der Waals surface area (Å²) in [5.74, 6) is -1.41. The number of rotatable bonds is 3. The third kappa shape index (κ3) is 2.44. The zero-order valence-corrected chi connectivity index (χ0v) is 9.95. The van der Waals surface area contributed by atoms with Crippen LogP contribution in [0.5, 0.6) is 0 Å². The van der Waals surface area contributed by atoms with Crippen LogP contribution in [0, 0.1) is 5.92 Å². The maximum Gasteiger partial charge on any atom is 0.308 e. The second kappa shape index (κ2) is 4.64. The van der Waals surface area contributed by atoms with Crippen LogP contribution in [0.25, 0.3) is 0 Å². The molecule has 5 nitrogen and oxygen atoms in total. The first kappa shape index (κ1) is 12.4. The molecular weight excluding hydrogens is 220 g/mol.